The number of alkyl halides is 1. The van der Waals surface area contributed by atoms with Crippen LogP contribution >= 0.6 is 0 Å². The summed E-state index contributed by atoms with van der Waals surface area (Å²) in [7, 11) is -1.39. The number of pyridine rings is 1. The Balaban J connectivity index is 1.35. The average Bonchev–Trinajstić information content (AvgIpc) is 4.02. The topological polar surface area (TPSA) is 203 Å². The average molecular weight is 760 g/mol. The van der Waals surface area contributed by atoms with Gasteiger partial charge in [0.15, 0.2) is 11.5 Å². The van der Waals surface area contributed by atoms with Crippen molar-refractivity contribution in [1.82, 2.24) is 25.2 Å². The Bertz CT molecular complexity index is 1920. The minimum absolute atomic E-state index is 0.0605. The highest BCUT2D eigenvalue weighted by Gasteiger charge is 2.64. The summed E-state index contributed by atoms with van der Waals surface area (Å²) in [6.07, 6.45) is 4.94. The molecule has 0 unspecified atom stereocenters. The van der Waals surface area contributed by atoms with Crippen molar-refractivity contribution in [2.24, 2.45) is 17.8 Å². The number of amides is 4. The van der Waals surface area contributed by atoms with Crippen LogP contribution in [-0.2, 0) is 24.4 Å². The van der Waals surface area contributed by atoms with Gasteiger partial charge in [0.2, 0.25) is 27.7 Å². The normalized spacial score (nSPS) is 30.4. The molecule has 7 atom stereocenters. The Kier molecular flexibility index (Phi) is 10.5. The van der Waals surface area contributed by atoms with Crippen LogP contribution < -0.4 is 29.6 Å². The molecule has 2 aliphatic heterocycles. The molecule has 288 valence electrons. The lowest BCUT2D eigenvalue weighted by molar-refractivity contribution is -0.142. The molecule has 1 saturated heterocycles. The fraction of sp³-hybridized carbons (Fsp3) is 0.583. The number of carbonyl (C=O) groups excluding carboxylic acids is 3. The Morgan fingerprint density at radius 1 is 1.13 bits per heavy atom. The number of halogens is 1. The molecule has 2 saturated carbocycles. The number of ether oxygens (including phenoxy) is 3. The molecular formula is C36H46FN5O10S. The van der Waals surface area contributed by atoms with Crippen molar-refractivity contribution < 1.29 is 51.3 Å². The number of aromatic nitrogens is 1. The number of rotatable bonds is 9. The van der Waals surface area contributed by atoms with Crippen LogP contribution in [0.15, 0.2) is 36.5 Å². The lowest BCUT2D eigenvalue weighted by Gasteiger charge is -2.32. The van der Waals surface area contributed by atoms with Crippen LogP contribution in [0.5, 0.6) is 17.4 Å². The third kappa shape index (κ3) is 7.44. The molecule has 4 aliphatic rings. The van der Waals surface area contributed by atoms with Gasteiger partial charge in [0, 0.05) is 23.9 Å². The van der Waals surface area contributed by atoms with E-state index in [2.05, 4.69) is 15.6 Å². The molecule has 15 nitrogen and oxygen atoms in total. The van der Waals surface area contributed by atoms with Crippen molar-refractivity contribution in [3.63, 3.8) is 0 Å². The lowest BCUT2D eigenvalue weighted by atomic mass is 9.88. The van der Waals surface area contributed by atoms with E-state index in [4.69, 9.17) is 14.2 Å². The number of carbonyl (C=O) groups is 4. The van der Waals surface area contributed by atoms with Crippen molar-refractivity contribution >= 4 is 44.6 Å². The molecular weight excluding hydrogens is 713 g/mol. The SMILES string of the molecule is COc1cc2ccnc(O[C@@H]3C[C@H]4C(=O)N[C@]5(C(=O)NS(=O)(=O)C6(CF)CC6)C[C@H]5/C=C\CC[C@@H](C)C[C@@H](C)[C@H](NC(=O)O)C(=O)N4C3)c2cc1OC. The third-order valence-corrected chi connectivity index (χ3v) is 13.2. The van der Waals surface area contributed by atoms with E-state index < -0.39 is 80.8 Å². The van der Waals surface area contributed by atoms with E-state index in [1.165, 1.54) is 25.3 Å². The first-order valence-electron chi connectivity index (χ1n) is 17.8. The molecule has 3 heterocycles. The lowest BCUT2D eigenvalue weighted by Crippen LogP contribution is -2.59. The second-order valence-electron chi connectivity index (χ2n) is 14.8. The number of nitrogens with one attached hydrogen (secondary N) is 3. The maximum absolute atomic E-state index is 14.4. The van der Waals surface area contributed by atoms with Crippen molar-refractivity contribution in [3.05, 3.63) is 36.5 Å². The Morgan fingerprint density at radius 2 is 1.85 bits per heavy atom. The van der Waals surface area contributed by atoms with Gasteiger partial charge in [-0.3, -0.25) is 19.1 Å². The van der Waals surface area contributed by atoms with E-state index in [1.54, 1.807) is 31.2 Å². The molecule has 17 heteroatoms. The van der Waals surface area contributed by atoms with E-state index in [9.17, 15) is 37.1 Å². The molecule has 4 N–H and O–H groups in total. The smallest absolute Gasteiger partial charge is 0.405 e. The number of allylic oxidation sites excluding steroid dienone is 1. The van der Waals surface area contributed by atoms with Crippen LogP contribution in [0, 0.1) is 17.8 Å². The molecule has 0 radical (unpaired) electrons. The maximum Gasteiger partial charge on any atom is 0.405 e. The second kappa shape index (κ2) is 14.6. The van der Waals surface area contributed by atoms with Gasteiger partial charge in [-0.1, -0.05) is 26.0 Å². The Labute approximate surface area is 307 Å². The van der Waals surface area contributed by atoms with E-state index in [-0.39, 0.29) is 44.0 Å². The number of carboxylic acid groups (broad SMARTS) is 1. The Morgan fingerprint density at radius 3 is 2.51 bits per heavy atom. The first kappa shape index (κ1) is 38.1. The number of hydrogen-bond donors (Lipinski definition) is 4. The number of methoxy groups -OCH3 is 2. The number of nitrogens with zero attached hydrogens (tertiary/aromatic N) is 2. The van der Waals surface area contributed by atoms with Crippen molar-refractivity contribution in [3.8, 4) is 17.4 Å². The monoisotopic (exact) mass is 759 g/mol. The maximum atomic E-state index is 14.4. The molecule has 2 aromatic rings. The Hall–Kier alpha value is -4.67. The first-order valence-corrected chi connectivity index (χ1v) is 19.2. The molecule has 4 amide bonds. The molecule has 1 aromatic carbocycles. The van der Waals surface area contributed by atoms with E-state index in [0.717, 1.165) is 5.39 Å². The van der Waals surface area contributed by atoms with Gasteiger partial charge < -0.3 is 34.9 Å². The fourth-order valence-corrected chi connectivity index (χ4v) is 9.03. The van der Waals surface area contributed by atoms with Crippen LogP contribution in [-0.4, -0.2) is 103 Å². The summed E-state index contributed by atoms with van der Waals surface area (Å²) < 4.78 is 57.6. The minimum Gasteiger partial charge on any atom is -0.493 e. The van der Waals surface area contributed by atoms with E-state index in [0.29, 0.717) is 36.1 Å². The number of sulfonamides is 1. The molecule has 53 heavy (non-hydrogen) atoms. The number of hydrogen-bond acceptors (Lipinski definition) is 10. The van der Waals surface area contributed by atoms with E-state index in [1.807, 2.05) is 17.7 Å². The van der Waals surface area contributed by atoms with Gasteiger partial charge in [0.1, 0.15) is 35.1 Å². The number of benzene rings is 1. The van der Waals surface area contributed by atoms with Crippen molar-refractivity contribution in [2.75, 3.05) is 27.4 Å². The highest BCUT2D eigenvalue weighted by atomic mass is 32.2. The summed E-state index contributed by atoms with van der Waals surface area (Å²) in [4.78, 5) is 60.2. The summed E-state index contributed by atoms with van der Waals surface area (Å²) in [5, 5.41) is 16.2. The zero-order valence-corrected chi connectivity index (χ0v) is 30.9. The summed E-state index contributed by atoms with van der Waals surface area (Å²) in [5.41, 5.74) is -1.68. The van der Waals surface area contributed by atoms with Gasteiger partial charge in [-0.2, -0.15) is 0 Å². The molecule has 1 aromatic heterocycles. The molecule has 0 bridgehead atoms. The highest BCUT2D eigenvalue weighted by molar-refractivity contribution is 7.91. The molecule has 3 fully saturated rings. The largest absolute Gasteiger partial charge is 0.493 e. The van der Waals surface area contributed by atoms with Gasteiger partial charge in [-0.15, -0.1) is 0 Å². The molecule has 2 aliphatic carbocycles. The third-order valence-electron chi connectivity index (χ3n) is 11.1. The van der Waals surface area contributed by atoms with Gasteiger partial charge in [-0.25, -0.2) is 22.6 Å². The minimum atomic E-state index is -4.39. The predicted octanol–water partition coefficient (Wildman–Crippen LogP) is 3.07. The number of fused-ring (bicyclic) bond motifs is 3. The summed E-state index contributed by atoms with van der Waals surface area (Å²) in [5.74, 6) is -2.19. The van der Waals surface area contributed by atoms with Crippen LogP contribution in [0.25, 0.3) is 10.8 Å². The van der Waals surface area contributed by atoms with Crippen molar-refractivity contribution in [1.29, 1.82) is 0 Å². The van der Waals surface area contributed by atoms with Crippen LogP contribution in [0.1, 0.15) is 58.8 Å². The standard InChI is InChI=1S/C36H46FN5O10S/c1-20-7-5-6-8-23-17-36(23,33(45)41-53(48,49)35(19-37)10-11-35)40-30(43)26-15-24(18-42(26)32(44)29(21(2)13-20)39-34(46)47)52-31-25-16-28(51-4)27(50-3)14-22(25)9-12-38-31/h6,8-9,12,14,16,20-21,23-24,26,29,39H,5,7,10-11,13,15,17-19H2,1-4H3,(H,40,43)(H,41,45)(H,46,47)/b8-6-/t20-,21-,23-,24-,26+,29+,36-/m1/s1. The predicted molar refractivity (Wildman–Crippen MR) is 190 cm³/mol. The summed E-state index contributed by atoms with van der Waals surface area (Å²) in [6.45, 7) is 2.51. The van der Waals surface area contributed by atoms with E-state index >= 15 is 0 Å². The van der Waals surface area contributed by atoms with Crippen molar-refractivity contribution in [2.45, 2.75) is 87.3 Å². The first-order chi connectivity index (χ1) is 25.2. The van der Waals surface area contributed by atoms with Crippen LogP contribution in [0.2, 0.25) is 0 Å². The molecule has 6 rings (SSSR count). The van der Waals surface area contributed by atoms with Gasteiger partial charge in [0.25, 0.3) is 5.91 Å². The molecule has 0 spiro atoms. The second-order valence-corrected chi connectivity index (χ2v) is 16.9. The van der Waals surface area contributed by atoms with Gasteiger partial charge >= 0.3 is 6.09 Å². The van der Waals surface area contributed by atoms with Gasteiger partial charge in [-0.05, 0) is 73.9 Å². The fourth-order valence-electron chi connectivity index (χ4n) is 7.61. The quantitative estimate of drug-likeness (QED) is 0.274. The van der Waals surface area contributed by atoms with Gasteiger partial charge in [0.05, 0.1) is 20.8 Å². The zero-order chi connectivity index (χ0) is 38.3. The van der Waals surface area contributed by atoms with Crippen LogP contribution in [0.4, 0.5) is 9.18 Å². The summed E-state index contributed by atoms with van der Waals surface area (Å²) in [6, 6.07) is 2.77. The highest BCUT2D eigenvalue weighted by Crippen LogP contribution is 2.48. The summed E-state index contributed by atoms with van der Waals surface area (Å²) >= 11 is 0. The zero-order valence-electron chi connectivity index (χ0n) is 30.1. The van der Waals surface area contributed by atoms with Crippen LogP contribution in [0.3, 0.4) is 0 Å².